The summed E-state index contributed by atoms with van der Waals surface area (Å²) in [5, 5.41) is 4.27. The van der Waals surface area contributed by atoms with Gasteiger partial charge in [0.1, 0.15) is 12.4 Å². The summed E-state index contributed by atoms with van der Waals surface area (Å²) in [7, 11) is 0. The maximum absolute atomic E-state index is 11.8. The standard InChI is InChI=1S/C21H16ClNO3/c22-19-10-8-18(9-11-19)21(24)26-23-14-16-6-12-20(13-7-16)25-15-17-4-2-1-3-5-17/h1-14H,15H2. The molecule has 0 spiro atoms. The van der Waals surface area contributed by atoms with Gasteiger partial charge >= 0.3 is 5.97 Å². The Balaban J connectivity index is 1.51. The fourth-order valence-electron chi connectivity index (χ4n) is 2.16. The van der Waals surface area contributed by atoms with Crippen LogP contribution in [0.3, 0.4) is 0 Å². The van der Waals surface area contributed by atoms with E-state index in [2.05, 4.69) is 5.16 Å². The molecule has 26 heavy (non-hydrogen) atoms. The topological polar surface area (TPSA) is 47.9 Å². The van der Waals surface area contributed by atoms with E-state index in [0.29, 0.717) is 17.2 Å². The summed E-state index contributed by atoms with van der Waals surface area (Å²) in [6, 6.07) is 23.7. The second-order valence-electron chi connectivity index (χ2n) is 5.46. The average molecular weight is 366 g/mol. The van der Waals surface area contributed by atoms with Crippen molar-refractivity contribution in [2.45, 2.75) is 6.61 Å². The molecule has 0 atom stereocenters. The smallest absolute Gasteiger partial charge is 0.365 e. The van der Waals surface area contributed by atoms with E-state index in [1.807, 2.05) is 54.6 Å². The van der Waals surface area contributed by atoms with Crippen LogP contribution < -0.4 is 4.74 Å². The van der Waals surface area contributed by atoms with Crippen LogP contribution in [0.5, 0.6) is 5.75 Å². The number of carbonyl (C=O) groups is 1. The van der Waals surface area contributed by atoms with Crippen molar-refractivity contribution in [1.29, 1.82) is 0 Å². The highest BCUT2D eigenvalue weighted by molar-refractivity contribution is 6.30. The number of hydrogen-bond donors (Lipinski definition) is 0. The third-order valence-corrected chi connectivity index (χ3v) is 3.80. The Morgan fingerprint density at radius 1 is 0.923 bits per heavy atom. The Labute approximate surface area is 156 Å². The van der Waals surface area contributed by atoms with Gasteiger partial charge in [0.15, 0.2) is 0 Å². The summed E-state index contributed by atoms with van der Waals surface area (Å²) >= 11 is 5.78. The predicted octanol–water partition coefficient (Wildman–Crippen LogP) is 5.11. The van der Waals surface area contributed by atoms with Crippen molar-refractivity contribution in [2.24, 2.45) is 5.16 Å². The van der Waals surface area contributed by atoms with Gasteiger partial charge < -0.3 is 9.57 Å². The number of benzene rings is 3. The summed E-state index contributed by atoms with van der Waals surface area (Å²) < 4.78 is 5.72. The van der Waals surface area contributed by atoms with Crippen molar-refractivity contribution in [3.63, 3.8) is 0 Å². The molecule has 0 unspecified atom stereocenters. The molecule has 3 aromatic carbocycles. The molecule has 0 saturated carbocycles. The molecule has 0 heterocycles. The van der Waals surface area contributed by atoms with E-state index < -0.39 is 5.97 Å². The minimum atomic E-state index is -0.541. The summed E-state index contributed by atoms with van der Waals surface area (Å²) in [6.45, 7) is 0.507. The molecule has 3 aromatic rings. The zero-order chi connectivity index (χ0) is 18.2. The Kier molecular flexibility index (Phi) is 6.01. The maximum Gasteiger partial charge on any atom is 0.365 e. The van der Waals surface area contributed by atoms with Gasteiger partial charge in [0.05, 0.1) is 11.8 Å². The lowest BCUT2D eigenvalue weighted by Crippen LogP contribution is -2.00. The second-order valence-corrected chi connectivity index (χ2v) is 5.90. The van der Waals surface area contributed by atoms with Crippen LogP contribution in [0.2, 0.25) is 5.02 Å². The van der Waals surface area contributed by atoms with Crippen LogP contribution in [0.25, 0.3) is 0 Å². The maximum atomic E-state index is 11.8. The van der Waals surface area contributed by atoms with Gasteiger partial charge in [-0.3, -0.25) is 0 Å². The molecular formula is C21H16ClNO3. The third-order valence-electron chi connectivity index (χ3n) is 3.55. The molecule has 0 aliphatic heterocycles. The van der Waals surface area contributed by atoms with Crippen molar-refractivity contribution in [2.75, 3.05) is 0 Å². The van der Waals surface area contributed by atoms with Crippen LogP contribution in [0.1, 0.15) is 21.5 Å². The summed E-state index contributed by atoms with van der Waals surface area (Å²) in [5.41, 5.74) is 2.28. The molecule has 4 nitrogen and oxygen atoms in total. The molecule has 130 valence electrons. The number of ether oxygens (including phenoxy) is 1. The van der Waals surface area contributed by atoms with Crippen LogP contribution in [0.4, 0.5) is 0 Å². The van der Waals surface area contributed by atoms with Gasteiger partial charge in [0.25, 0.3) is 0 Å². The lowest BCUT2D eigenvalue weighted by molar-refractivity contribution is 0.0519. The fraction of sp³-hybridized carbons (Fsp3) is 0.0476. The van der Waals surface area contributed by atoms with Crippen molar-refractivity contribution in [1.82, 2.24) is 0 Å². The SMILES string of the molecule is O=C(ON=Cc1ccc(OCc2ccccc2)cc1)c1ccc(Cl)cc1. The van der Waals surface area contributed by atoms with Gasteiger partial charge in [-0.05, 0) is 59.7 Å². The normalized spacial score (nSPS) is 10.7. The first-order valence-corrected chi connectivity index (χ1v) is 8.35. The molecule has 0 aromatic heterocycles. The number of nitrogens with zero attached hydrogens (tertiary/aromatic N) is 1. The second kappa shape index (κ2) is 8.83. The van der Waals surface area contributed by atoms with Crippen LogP contribution in [-0.2, 0) is 11.4 Å². The highest BCUT2D eigenvalue weighted by Gasteiger charge is 2.06. The molecular weight excluding hydrogens is 350 g/mol. The molecule has 0 fully saturated rings. The lowest BCUT2D eigenvalue weighted by Gasteiger charge is -2.06. The largest absolute Gasteiger partial charge is 0.489 e. The first-order valence-electron chi connectivity index (χ1n) is 7.98. The molecule has 0 radical (unpaired) electrons. The van der Waals surface area contributed by atoms with Crippen molar-refractivity contribution >= 4 is 23.8 Å². The van der Waals surface area contributed by atoms with Gasteiger partial charge in [-0.15, -0.1) is 0 Å². The highest BCUT2D eigenvalue weighted by atomic mass is 35.5. The van der Waals surface area contributed by atoms with Gasteiger partial charge in [0, 0.05) is 5.02 Å². The van der Waals surface area contributed by atoms with Crippen molar-refractivity contribution in [3.8, 4) is 5.75 Å². The minimum absolute atomic E-state index is 0.385. The van der Waals surface area contributed by atoms with Gasteiger partial charge in [0.2, 0.25) is 0 Å². The Morgan fingerprint density at radius 2 is 1.62 bits per heavy atom. The van der Waals surface area contributed by atoms with E-state index in [4.69, 9.17) is 21.2 Å². The highest BCUT2D eigenvalue weighted by Crippen LogP contribution is 2.14. The number of rotatable bonds is 6. The first-order chi connectivity index (χ1) is 12.7. The molecule has 3 rings (SSSR count). The third kappa shape index (κ3) is 5.19. The zero-order valence-corrected chi connectivity index (χ0v) is 14.6. The molecule has 5 heteroatoms. The van der Waals surface area contributed by atoms with Crippen LogP contribution in [-0.4, -0.2) is 12.2 Å². The average Bonchev–Trinajstić information content (AvgIpc) is 2.68. The Morgan fingerprint density at radius 3 is 2.31 bits per heavy atom. The van der Waals surface area contributed by atoms with E-state index in [0.717, 1.165) is 16.9 Å². The van der Waals surface area contributed by atoms with Gasteiger partial charge in [-0.1, -0.05) is 47.1 Å². The van der Waals surface area contributed by atoms with E-state index in [9.17, 15) is 4.79 Å². The summed E-state index contributed by atoms with van der Waals surface area (Å²) in [6.07, 6.45) is 1.47. The molecule has 0 aliphatic rings. The number of carbonyl (C=O) groups excluding carboxylic acids is 1. The quantitative estimate of drug-likeness (QED) is 0.346. The van der Waals surface area contributed by atoms with E-state index in [1.54, 1.807) is 24.3 Å². The summed E-state index contributed by atoms with van der Waals surface area (Å²) in [5.74, 6) is 0.213. The molecule has 0 bridgehead atoms. The number of hydrogen-bond acceptors (Lipinski definition) is 4. The summed E-state index contributed by atoms with van der Waals surface area (Å²) in [4.78, 5) is 16.7. The monoisotopic (exact) mass is 365 g/mol. The lowest BCUT2D eigenvalue weighted by atomic mass is 10.2. The fourth-order valence-corrected chi connectivity index (χ4v) is 2.29. The molecule has 0 saturated heterocycles. The number of oxime groups is 1. The zero-order valence-electron chi connectivity index (χ0n) is 13.8. The van der Waals surface area contributed by atoms with Gasteiger partial charge in [-0.25, -0.2) is 4.79 Å². The molecule has 0 amide bonds. The van der Waals surface area contributed by atoms with Crippen molar-refractivity contribution in [3.05, 3.63) is 101 Å². The van der Waals surface area contributed by atoms with Crippen LogP contribution in [0, 0.1) is 0 Å². The Hall–Kier alpha value is -3.11. The van der Waals surface area contributed by atoms with Crippen molar-refractivity contribution < 1.29 is 14.4 Å². The van der Waals surface area contributed by atoms with E-state index in [-0.39, 0.29) is 0 Å². The van der Waals surface area contributed by atoms with E-state index >= 15 is 0 Å². The minimum Gasteiger partial charge on any atom is -0.489 e. The van der Waals surface area contributed by atoms with E-state index in [1.165, 1.54) is 6.21 Å². The van der Waals surface area contributed by atoms with Crippen LogP contribution in [0.15, 0.2) is 84.0 Å². The van der Waals surface area contributed by atoms with Gasteiger partial charge in [-0.2, -0.15) is 0 Å². The number of halogens is 1. The molecule has 0 N–H and O–H groups in total. The predicted molar refractivity (Wildman–Crippen MR) is 102 cm³/mol. The first kappa shape index (κ1) is 17.7. The molecule has 0 aliphatic carbocycles. The Bertz CT molecular complexity index is 875. The van der Waals surface area contributed by atoms with Crippen LogP contribution >= 0.6 is 11.6 Å².